The molecule has 2 N–H and O–H groups in total. The van der Waals surface area contributed by atoms with E-state index in [2.05, 4.69) is 10.3 Å². The molecule has 0 amide bonds. The van der Waals surface area contributed by atoms with Crippen molar-refractivity contribution >= 4 is 11.7 Å². The number of aromatic nitrogens is 1. The zero-order valence-electron chi connectivity index (χ0n) is 10.3. The first-order valence-electron chi connectivity index (χ1n) is 5.72. The van der Waals surface area contributed by atoms with Gasteiger partial charge >= 0.3 is 5.97 Å². The fourth-order valence-corrected chi connectivity index (χ4v) is 1.60. The molecular weight excluding hydrogens is 261 g/mol. The number of carbonyl (C=O) groups is 1. The minimum Gasteiger partial charge on any atom is -0.478 e. The van der Waals surface area contributed by atoms with Crippen LogP contribution in [0.5, 0.6) is 0 Å². The summed E-state index contributed by atoms with van der Waals surface area (Å²) in [6.07, 6.45) is 1.26. The number of nitriles is 1. The normalized spacial score (nSPS) is 9.80. The van der Waals surface area contributed by atoms with Gasteiger partial charge in [0.2, 0.25) is 0 Å². The number of halogens is 1. The summed E-state index contributed by atoms with van der Waals surface area (Å²) in [6.45, 7) is 0.306. The third-order valence-corrected chi connectivity index (χ3v) is 2.63. The molecule has 0 radical (unpaired) electrons. The van der Waals surface area contributed by atoms with Crippen molar-refractivity contribution in [2.45, 2.75) is 6.54 Å². The van der Waals surface area contributed by atoms with Crippen molar-refractivity contribution in [3.05, 3.63) is 59.2 Å². The summed E-state index contributed by atoms with van der Waals surface area (Å²) in [4.78, 5) is 14.7. The van der Waals surface area contributed by atoms with Gasteiger partial charge in [0.1, 0.15) is 11.9 Å². The lowest BCUT2D eigenvalue weighted by Crippen LogP contribution is -2.05. The van der Waals surface area contributed by atoms with E-state index in [1.807, 2.05) is 6.07 Å². The molecule has 2 rings (SSSR count). The first kappa shape index (κ1) is 13.5. The molecular formula is C14H10FN3O2. The number of carboxylic acid groups (broad SMARTS) is 1. The molecule has 0 bridgehead atoms. The maximum atomic E-state index is 13.0. The Morgan fingerprint density at radius 1 is 1.40 bits per heavy atom. The molecule has 0 aliphatic carbocycles. The van der Waals surface area contributed by atoms with E-state index in [-0.39, 0.29) is 11.1 Å². The number of pyridine rings is 1. The number of anilines is 1. The maximum Gasteiger partial charge on any atom is 0.337 e. The quantitative estimate of drug-likeness (QED) is 0.891. The Kier molecular flexibility index (Phi) is 3.91. The third kappa shape index (κ3) is 3.09. The number of hydrogen-bond donors (Lipinski definition) is 2. The number of rotatable bonds is 4. The van der Waals surface area contributed by atoms with Crippen molar-refractivity contribution in [3.8, 4) is 6.07 Å². The van der Waals surface area contributed by atoms with Gasteiger partial charge in [-0.15, -0.1) is 0 Å². The Hall–Kier alpha value is -2.94. The Labute approximate surface area is 114 Å². The summed E-state index contributed by atoms with van der Waals surface area (Å²) in [5.41, 5.74) is 1.42. The Morgan fingerprint density at radius 3 is 2.80 bits per heavy atom. The monoisotopic (exact) mass is 271 g/mol. The van der Waals surface area contributed by atoms with Crippen LogP contribution in [0.4, 0.5) is 10.1 Å². The van der Waals surface area contributed by atoms with E-state index in [4.69, 9.17) is 10.4 Å². The first-order valence-corrected chi connectivity index (χ1v) is 5.72. The molecule has 0 saturated carbocycles. The molecule has 1 aromatic heterocycles. The predicted octanol–water partition coefficient (Wildman–Crippen LogP) is 2.40. The van der Waals surface area contributed by atoms with Crippen molar-refractivity contribution in [2.24, 2.45) is 0 Å². The zero-order valence-corrected chi connectivity index (χ0v) is 10.3. The minimum atomic E-state index is -1.04. The highest BCUT2D eigenvalue weighted by atomic mass is 19.1. The van der Waals surface area contributed by atoms with Crippen LogP contribution in [0.25, 0.3) is 0 Å². The summed E-state index contributed by atoms with van der Waals surface area (Å²) < 4.78 is 13.0. The van der Waals surface area contributed by atoms with E-state index in [1.54, 1.807) is 6.07 Å². The van der Waals surface area contributed by atoms with Gasteiger partial charge in [0.25, 0.3) is 0 Å². The van der Waals surface area contributed by atoms with E-state index >= 15 is 0 Å². The zero-order chi connectivity index (χ0) is 14.5. The molecule has 20 heavy (non-hydrogen) atoms. The van der Waals surface area contributed by atoms with Crippen LogP contribution in [0.15, 0.2) is 36.5 Å². The van der Waals surface area contributed by atoms with E-state index in [0.29, 0.717) is 17.9 Å². The van der Waals surface area contributed by atoms with Crippen molar-refractivity contribution in [1.82, 2.24) is 4.98 Å². The number of hydrogen-bond acceptors (Lipinski definition) is 4. The van der Waals surface area contributed by atoms with Crippen LogP contribution in [0, 0.1) is 17.1 Å². The van der Waals surface area contributed by atoms with Gasteiger partial charge in [0, 0.05) is 6.20 Å². The molecule has 2 aromatic rings. The highest BCUT2D eigenvalue weighted by Gasteiger charge is 2.05. The second kappa shape index (κ2) is 5.80. The molecule has 0 fully saturated rings. The number of nitrogens with zero attached hydrogens (tertiary/aromatic N) is 2. The summed E-state index contributed by atoms with van der Waals surface area (Å²) >= 11 is 0. The topological polar surface area (TPSA) is 86.0 Å². The largest absolute Gasteiger partial charge is 0.478 e. The lowest BCUT2D eigenvalue weighted by atomic mass is 10.2. The lowest BCUT2D eigenvalue weighted by Gasteiger charge is -2.08. The Balaban J connectivity index is 2.09. The Morgan fingerprint density at radius 2 is 2.20 bits per heavy atom. The number of carboxylic acids is 1. The van der Waals surface area contributed by atoms with Gasteiger partial charge in [0.15, 0.2) is 0 Å². The molecule has 0 atom stereocenters. The fraction of sp³-hybridized carbons (Fsp3) is 0.0714. The van der Waals surface area contributed by atoms with E-state index in [9.17, 15) is 9.18 Å². The van der Waals surface area contributed by atoms with Gasteiger partial charge in [-0.1, -0.05) is 0 Å². The van der Waals surface area contributed by atoms with Crippen LogP contribution in [0.2, 0.25) is 0 Å². The van der Waals surface area contributed by atoms with Crippen LogP contribution in [-0.4, -0.2) is 16.1 Å². The molecule has 0 saturated heterocycles. The standard InChI is InChI=1S/C14H10FN3O2/c15-11-2-4-13(10(5-11)6-16)18-8-12-3-1-9(7-17-12)14(19)20/h1-5,7,18H,8H2,(H,19,20). The van der Waals surface area contributed by atoms with Crippen LogP contribution < -0.4 is 5.32 Å². The van der Waals surface area contributed by atoms with Gasteiger partial charge in [-0.05, 0) is 30.3 Å². The second-order valence-electron chi connectivity index (χ2n) is 4.00. The van der Waals surface area contributed by atoms with Gasteiger partial charge < -0.3 is 10.4 Å². The van der Waals surface area contributed by atoms with Gasteiger partial charge in [0.05, 0.1) is 29.1 Å². The SMILES string of the molecule is N#Cc1cc(F)ccc1NCc1ccc(C(=O)O)cn1. The molecule has 1 aromatic carbocycles. The van der Waals surface area contributed by atoms with Crippen molar-refractivity contribution in [1.29, 1.82) is 5.26 Å². The van der Waals surface area contributed by atoms with Crippen LogP contribution >= 0.6 is 0 Å². The molecule has 100 valence electrons. The van der Waals surface area contributed by atoms with Gasteiger partial charge in [-0.2, -0.15) is 5.26 Å². The molecule has 0 aliphatic rings. The van der Waals surface area contributed by atoms with Crippen LogP contribution in [0.1, 0.15) is 21.6 Å². The average molecular weight is 271 g/mol. The number of benzene rings is 1. The highest BCUT2D eigenvalue weighted by Crippen LogP contribution is 2.16. The molecule has 0 unspecified atom stereocenters. The minimum absolute atomic E-state index is 0.105. The van der Waals surface area contributed by atoms with E-state index in [0.717, 1.165) is 6.07 Å². The highest BCUT2D eigenvalue weighted by molar-refractivity contribution is 5.87. The predicted molar refractivity (Wildman–Crippen MR) is 69.6 cm³/mol. The average Bonchev–Trinajstić information content (AvgIpc) is 2.46. The van der Waals surface area contributed by atoms with Crippen LogP contribution in [0.3, 0.4) is 0 Å². The summed E-state index contributed by atoms with van der Waals surface area (Å²) in [5, 5.41) is 20.6. The van der Waals surface area contributed by atoms with Gasteiger partial charge in [-0.25, -0.2) is 9.18 Å². The summed E-state index contributed by atoms with van der Waals surface area (Å²) in [5.74, 6) is -1.52. The van der Waals surface area contributed by atoms with Crippen LogP contribution in [-0.2, 0) is 6.54 Å². The summed E-state index contributed by atoms with van der Waals surface area (Å²) in [6, 6.07) is 8.79. The number of nitrogens with one attached hydrogen (secondary N) is 1. The second-order valence-corrected chi connectivity index (χ2v) is 4.00. The number of aromatic carboxylic acids is 1. The Bertz CT molecular complexity index is 678. The third-order valence-electron chi connectivity index (χ3n) is 2.63. The van der Waals surface area contributed by atoms with Crippen molar-refractivity contribution < 1.29 is 14.3 Å². The molecule has 0 spiro atoms. The maximum absolute atomic E-state index is 13.0. The fourth-order valence-electron chi connectivity index (χ4n) is 1.60. The van der Waals surface area contributed by atoms with Gasteiger partial charge in [-0.3, -0.25) is 4.98 Å². The smallest absolute Gasteiger partial charge is 0.337 e. The lowest BCUT2D eigenvalue weighted by molar-refractivity contribution is 0.0696. The molecule has 6 heteroatoms. The van der Waals surface area contributed by atoms with Crippen molar-refractivity contribution in [3.63, 3.8) is 0 Å². The van der Waals surface area contributed by atoms with E-state index in [1.165, 1.54) is 24.4 Å². The first-order chi connectivity index (χ1) is 9.60. The molecule has 1 heterocycles. The van der Waals surface area contributed by atoms with E-state index < -0.39 is 11.8 Å². The van der Waals surface area contributed by atoms with Crippen molar-refractivity contribution in [2.75, 3.05) is 5.32 Å². The molecule has 0 aliphatic heterocycles. The summed E-state index contributed by atoms with van der Waals surface area (Å²) in [7, 11) is 0. The molecule has 5 nitrogen and oxygen atoms in total.